The highest BCUT2D eigenvalue weighted by Crippen LogP contribution is 2.19. The molecule has 4 rings (SSSR count). The molecule has 3 aromatic heterocycles. The Morgan fingerprint density at radius 2 is 2.11 bits per heavy atom. The van der Waals surface area contributed by atoms with Crippen molar-refractivity contribution in [3.63, 3.8) is 0 Å². The minimum atomic E-state index is -0.518. The number of hydrazine groups is 1. The lowest BCUT2D eigenvalue weighted by Gasteiger charge is -2.18. The lowest BCUT2D eigenvalue weighted by molar-refractivity contribution is 0.0820. The van der Waals surface area contributed by atoms with Crippen molar-refractivity contribution in [2.75, 3.05) is 12.5 Å². The van der Waals surface area contributed by atoms with E-state index in [-0.39, 0.29) is 18.0 Å². The van der Waals surface area contributed by atoms with Crippen LogP contribution in [0, 0.1) is 11.6 Å². The molecule has 0 saturated heterocycles. The molecule has 0 saturated carbocycles. The Morgan fingerprint density at radius 1 is 1.25 bits per heavy atom. The summed E-state index contributed by atoms with van der Waals surface area (Å²) in [5, 5.41) is 12.5. The predicted molar refractivity (Wildman–Crippen MR) is 97.3 cm³/mol. The van der Waals surface area contributed by atoms with Crippen LogP contribution in [0.2, 0.25) is 0 Å². The van der Waals surface area contributed by atoms with E-state index in [2.05, 4.69) is 25.7 Å². The van der Waals surface area contributed by atoms with E-state index in [9.17, 15) is 13.6 Å². The van der Waals surface area contributed by atoms with E-state index in [0.29, 0.717) is 17.0 Å². The molecule has 2 N–H and O–H groups in total. The van der Waals surface area contributed by atoms with Gasteiger partial charge in [0.25, 0.3) is 5.91 Å². The second-order valence-corrected chi connectivity index (χ2v) is 6.11. The smallest absolute Gasteiger partial charge is 0.279 e. The van der Waals surface area contributed by atoms with Crippen molar-refractivity contribution in [2.24, 2.45) is 0 Å². The summed E-state index contributed by atoms with van der Waals surface area (Å²) in [4.78, 5) is 16.5. The average Bonchev–Trinajstić information content (AvgIpc) is 3.34. The number of halogens is 2. The van der Waals surface area contributed by atoms with Crippen LogP contribution in [0.25, 0.3) is 10.9 Å². The fourth-order valence-corrected chi connectivity index (χ4v) is 2.76. The topological polar surface area (TPSA) is 91.7 Å². The molecule has 0 fully saturated rings. The first-order valence-corrected chi connectivity index (χ1v) is 8.31. The number of H-pyrrole nitrogens is 1. The fourth-order valence-electron chi connectivity index (χ4n) is 2.76. The number of aromatic amines is 1. The van der Waals surface area contributed by atoms with Gasteiger partial charge in [-0.1, -0.05) is 0 Å². The van der Waals surface area contributed by atoms with Crippen molar-refractivity contribution in [2.45, 2.75) is 6.54 Å². The highest BCUT2D eigenvalue weighted by Gasteiger charge is 2.14. The molecule has 0 atom stereocenters. The van der Waals surface area contributed by atoms with E-state index in [1.54, 1.807) is 31.6 Å². The summed E-state index contributed by atoms with van der Waals surface area (Å²) in [6.07, 6.45) is 4.65. The van der Waals surface area contributed by atoms with Gasteiger partial charge in [0.1, 0.15) is 23.1 Å². The lowest BCUT2D eigenvalue weighted by Crippen LogP contribution is -2.32. The summed E-state index contributed by atoms with van der Waals surface area (Å²) in [6.45, 7) is 0.0550. The molecule has 4 aromatic rings. The van der Waals surface area contributed by atoms with Gasteiger partial charge in [-0.2, -0.15) is 10.2 Å². The first-order chi connectivity index (χ1) is 13.5. The van der Waals surface area contributed by atoms with E-state index < -0.39 is 11.6 Å². The normalized spacial score (nSPS) is 11.0. The third kappa shape index (κ3) is 3.39. The van der Waals surface area contributed by atoms with Gasteiger partial charge < -0.3 is 0 Å². The van der Waals surface area contributed by atoms with Crippen LogP contribution in [0.1, 0.15) is 16.1 Å². The lowest BCUT2D eigenvalue weighted by atomic mass is 10.2. The minimum Gasteiger partial charge on any atom is -0.279 e. The van der Waals surface area contributed by atoms with Crippen LogP contribution in [0.4, 0.5) is 14.6 Å². The summed E-state index contributed by atoms with van der Waals surface area (Å²) in [5.41, 5.74) is 4.03. The number of nitrogens with one attached hydrogen (secondary N) is 2. The van der Waals surface area contributed by atoms with E-state index >= 15 is 0 Å². The Hall–Kier alpha value is -3.82. The molecule has 0 unspecified atom stereocenters. The molecule has 8 nitrogen and oxygen atoms in total. The SMILES string of the molecule is CN(Nc1cc2c(cn1)cnn2Cc1cc(F)ccc1F)C(=O)c1ccn[nH]1. The van der Waals surface area contributed by atoms with E-state index in [0.717, 1.165) is 23.6 Å². The Morgan fingerprint density at radius 3 is 2.89 bits per heavy atom. The summed E-state index contributed by atoms with van der Waals surface area (Å²) in [6, 6.07) is 6.52. The van der Waals surface area contributed by atoms with E-state index in [4.69, 9.17) is 0 Å². The average molecular weight is 383 g/mol. The number of carbonyl (C=O) groups excluding carboxylic acids is 1. The summed E-state index contributed by atoms with van der Waals surface area (Å²) in [7, 11) is 1.55. The molecule has 0 aliphatic heterocycles. The molecule has 142 valence electrons. The standard InChI is InChI=1S/C18H15F2N7O/c1-26(18(28)15-4-5-22-24-15)25-17-7-16-12(8-21-17)9-23-27(16)10-11-6-13(19)2-3-14(11)20/h2-9H,10H2,1H3,(H,21,25)(H,22,24). The molecule has 0 aliphatic carbocycles. The monoisotopic (exact) mass is 383 g/mol. The number of pyridine rings is 1. The van der Waals surface area contributed by atoms with Crippen LogP contribution in [0.15, 0.2) is 48.9 Å². The number of aromatic nitrogens is 5. The number of amides is 1. The number of rotatable bonds is 5. The number of carbonyl (C=O) groups is 1. The zero-order valence-electron chi connectivity index (χ0n) is 14.7. The van der Waals surface area contributed by atoms with E-state index in [1.807, 2.05) is 0 Å². The molecule has 10 heteroatoms. The maximum absolute atomic E-state index is 14.0. The summed E-state index contributed by atoms with van der Waals surface area (Å²) >= 11 is 0. The van der Waals surface area contributed by atoms with Gasteiger partial charge in [-0.25, -0.2) is 13.8 Å². The zero-order valence-corrected chi connectivity index (χ0v) is 14.7. The first-order valence-electron chi connectivity index (χ1n) is 8.31. The number of hydrogen-bond acceptors (Lipinski definition) is 5. The van der Waals surface area contributed by atoms with Crippen LogP contribution in [-0.2, 0) is 6.54 Å². The van der Waals surface area contributed by atoms with Gasteiger partial charge >= 0.3 is 0 Å². The maximum atomic E-state index is 14.0. The van der Waals surface area contributed by atoms with Crippen LogP contribution in [-0.4, -0.2) is 42.9 Å². The van der Waals surface area contributed by atoms with Gasteiger partial charge in [-0.15, -0.1) is 0 Å². The van der Waals surface area contributed by atoms with Crippen molar-refractivity contribution < 1.29 is 13.6 Å². The largest absolute Gasteiger partial charge is 0.289 e. The summed E-state index contributed by atoms with van der Waals surface area (Å²) in [5.74, 6) is -0.961. The number of benzene rings is 1. The fraction of sp³-hybridized carbons (Fsp3) is 0.111. The quantitative estimate of drug-likeness (QED) is 0.517. The Labute approximate surface area is 157 Å². The summed E-state index contributed by atoms with van der Waals surface area (Å²) < 4.78 is 28.9. The Balaban J connectivity index is 1.59. The Kier molecular flexibility index (Phi) is 4.44. The van der Waals surface area contributed by atoms with Crippen LogP contribution < -0.4 is 5.43 Å². The number of fused-ring (bicyclic) bond motifs is 1. The van der Waals surface area contributed by atoms with Crippen LogP contribution in [0.3, 0.4) is 0 Å². The third-order valence-electron chi connectivity index (χ3n) is 4.17. The van der Waals surface area contributed by atoms with Gasteiger partial charge in [0.2, 0.25) is 0 Å². The van der Waals surface area contributed by atoms with Gasteiger partial charge in [0, 0.05) is 36.5 Å². The van der Waals surface area contributed by atoms with Gasteiger partial charge in [-0.05, 0) is 24.3 Å². The maximum Gasteiger partial charge on any atom is 0.289 e. The van der Waals surface area contributed by atoms with Crippen LogP contribution in [0.5, 0.6) is 0 Å². The van der Waals surface area contributed by atoms with E-state index in [1.165, 1.54) is 15.9 Å². The Bertz CT molecular complexity index is 1140. The van der Waals surface area contributed by atoms with Gasteiger partial charge in [-0.3, -0.25) is 25.0 Å². The van der Waals surface area contributed by atoms with Crippen molar-refractivity contribution in [1.82, 2.24) is 30.0 Å². The molecular weight excluding hydrogens is 368 g/mol. The van der Waals surface area contributed by atoms with Crippen molar-refractivity contribution >= 4 is 22.6 Å². The highest BCUT2D eigenvalue weighted by atomic mass is 19.1. The number of nitrogens with zero attached hydrogens (tertiary/aromatic N) is 5. The second-order valence-electron chi connectivity index (χ2n) is 6.11. The number of anilines is 1. The molecule has 0 radical (unpaired) electrons. The molecule has 1 aromatic carbocycles. The molecular formula is C18H15F2N7O. The molecule has 3 heterocycles. The third-order valence-corrected chi connectivity index (χ3v) is 4.17. The van der Waals surface area contributed by atoms with Crippen molar-refractivity contribution in [3.8, 4) is 0 Å². The van der Waals surface area contributed by atoms with Crippen molar-refractivity contribution in [3.05, 3.63) is 71.8 Å². The van der Waals surface area contributed by atoms with Gasteiger partial charge in [0.15, 0.2) is 0 Å². The predicted octanol–water partition coefficient (Wildman–Crippen LogP) is 2.58. The highest BCUT2D eigenvalue weighted by molar-refractivity contribution is 5.92. The minimum absolute atomic E-state index is 0.0550. The molecule has 0 bridgehead atoms. The number of hydrogen-bond donors (Lipinski definition) is 2. The molecule has 0 aliphatic rings. The van der Waals surface area contributed by atoms with Crippen molar-refractivity contribution in [1.29, 1.82) is 0 Å². The second kappa shape index (κ2) is 7.06. The first kappa shape index (κ1) is 17.6. The zero-order chi connectivity index (χ0) is 19.7. The molecule has 0 spiro atoms. The molecule has 1 amide bonds. The van der Waals surface area contributed by atoms with Crippen LogP contribution >= 0.6 is 0 Å². The molecule has 28 heavy (non-hydrogen) atoms. The van der Waals surface area contributed by atoms with Gasteiger partial charge in [0.05, 0.1) is 18.3 Å².